The number of benzene rings is 6. The van der Waals surface area contributed by atoms with E-state index in [0.29, 0.717) is 0 Å². The predicted octanol–water partition coefficient (Wildman–Crippen LogP) is 10.2. The monoisotopic (exact) mass is 549 g/mol. The fourth-order valence-electron chi connectivity index (χ4n) is 7.42. The first-order valence-corrected chi connectivity index (χ1v) is 14.4. The Kier molecular flexibility index (Phi) is 3.78. The zero-order valence-electron chi connectivity index (χ0n) is 22.6. The molecule has 5 nitrogen and oxygen atoms in total. The van der Waals surface area contributed by atoms with Crippen molar-refractivity contribution in [3.8, 4) is 17.1 Å². The highest BCUT2D eigenvalue weighted by Crippen LogP contribution is 2.49. The minimum atomic E-state index is 0.804. The van der Waals surface area contributed by atoms with Crippen LogP contribution in [0.5, 0.6) is 0 Å². The zero-order chi connectivity index (χ0) is 27.8. The van der Waals surface area contributed by atoms with Crippen LogP contribution in [0.2, 0.25) is 0 Å². The Morgan fingerprint density at radius 3 is 1.79 bits per heavy atom. The molecule has 0 saturated carbocycles. The molecule has 0 unspecified atom stereocenters. The molecule has 0 N–H and O–H groups in total. The molecule has 198 valence electrons. The molecular formula is C38H19N3O2. The minimum Gasteiger partial charge on any atom is -0.456 e. The quantitative estimate of drug-likeness (QED) is 0.215. The summed E-state index contributed by atoms with van der Waals surface area (Å²) in [6.45, 7) is 0. The summed E-state index contributed by atoms with van der Waals surface area (Å²) >= 11 is 0. The highest BCUT2D eigenvalue weighted by molar-refractivity contribution is 6.41. The summed E-state index contributed by atoms with van der Waals surface area (Å²) in [6, 6.07) is 39.7. The van der Waals surface area contributed by atoms with Gasteiger partial charge in [0.25, 0.3) is 0 Å². The van der Waals surface area contributed by atoms with Gasteiger partial charge in [0.2, 0.25) is 0 Å². The van der Waals surface area contributed by atoms with Crippen molar-refractivity contribution in [2.45, 2.75) is 0 Å². The van der Waals surface area contributed by atoms with Gasteiger partial charge in [0.1, 0.15) is 28.0 Å². The van der Waals surface area contributed by atoms with Crippen molar-refractivity contribution in [3.05, 3.63) is 115 Å². The Morgan fingerprint density at radius 1 is 0.419 bits per heavy atom. The molecule has 4 heterocycles. The molecule has 11 aromatic rings. The molecule has 0 bridgehead atoms. The summed E-state index contributed by atoms with van der Waals surface area (Å²) in [5.41, 5.74) is 9.22. The predicted molar refractivity (Wildman–Crippen MR) is 174 cm³/mol. The SMILES string of the molecule is c1ccc(-c2nc3ccccc3nc2-n2c3cccc4c5cccc6oc7ccc8oc9ccc2c(c9c8c7c65)c43)cc1. The lowest BCUT2D eigenvalue weighted by atomic mass is 9.95. The third-order valence-corrected chi connectivity index (χ3v) is 9.12. The average molecular weight is 550 g/mol. The number of furan rings is 2. The van der Waals surface area contributed by atoms with E-state index in [2.05, 4.69) is 77.4 Å². The van der Waals surface area contributed by atoms with Crippen LogP contribution in [0, 0.1) is 0 Å². The van der Waals surface area contributed by atoms with E-state index in [4.69, 9.17) is 18.8 Å². The fraction of sp³-hybridized carbons (Fsp3) is 0. The summed E-state index contributed by atoms with van der Waals surface area (Å²) in [6.07, 6.45) is 0. The van der Waals surface area contributed by atoms with Crippen LogP contribution in [0.3, 0.4) is 0 Å². The fourth-order valence-corrected chi connectivity index (χ4v) is 7.42. The van der Waals surface area contributed by atoms with Crippen LogP contribution in [0.1, 0.15) is 0 Å². The maximum Gasteiger partial charge on any atom is 0.165 e. The second-order valence-electron chi connectivity index (χ2n) is 11.3. The van der Waals surface area contributed by atoms with E-state index in [9.17, 15) is 0 Å². The molecular weight excluding hydrogens is 530 g/mol. The Labute approximate surface area is 242 Å². The van der Waals surface area contributed by atoms with Crippen LogP contribution >= 0.6 is 0 Å². The van der Waals surface area contributed by atoms with Gasteiger partial charge in [0.05, 0.1) is 22.1 Å². The topological polar surface area (TPSA) is 57.0 Å². The van der Waals surface area contributed by atoms with Gasteiger partial charge in [-0.3, -0.25) is 4.57 Å². The lowest BCUT2D eigenvalue weighted by molar-refractivity contribution is 0.663. The van der Waals surface area contributed by atoms with Gasteiger partial charge in [-0.2, -0.15) is 0 Å². The summed E-state index contributed by atoms with van der Waals surface area (Å²) in [5.74, 6) is 0.804. The van der Waals surface area contributed by atoms with Crippen LogP contribution in [0.15, 0.2) is 124 Å². The molecule has 5 heteroatoms. The summed E-state index contributed by atoms with van der Waals surface area (Å²) in [7, 11) is 0. The number of para-hydroxylation sites is 2. The number of hydrogen-bond acceptors (Lipinski definition) is 4. The molecule has 0 radical (unpaired) electrons. The van der Waals surface area contributed by atoms with Gasteiger partial charge in [-0.25, -0.2) is 9.97 Å². The van der Waals surface area contributed by atoms with Crippen molar-refractivity contribution in [2.75, 3.05) is 0 Å². The molecule has 7 aromatic carbocycles. The maximum atomic E-state index is 6.54. The van der Waals surface area contributed by atoms with E-state index >= 15 is 0 Å². The van der Waals surface area contributed by atoms with Crippen LogP contribution in [0.4, 0.5) is 0 Å². The molecule has 0 spiro atoms. The maximum absolute atomic E-state index is 6.54. The summed E-state index contributed by atoms with van der Waals surface area (Å²) < 4.78 is 15.3. The molecule has 43 heavy (non-hydrogen) atoms. The van der Waals surface area contributed by atoms with Gasteiger partial charge in [-0.1, -0.05) is 66.7 Å². The number of fused-ring (bicyclic) bond motifs is 2. The van der Waals surface area contributed by atoms with Gasteiger partial charge in [0.15, 0.2) is 5.82 Å². The van der Waals surface area contributed by atoms with Crippen LogP contribution in [-0.2, 0) is 0 Å². The van der Waals surface area contributed by atoms with E-state index in [1.54, 1.807) is 0 Å². The Balaban J connectivity index is 1.45. The summed E-state index contributed by atoms with van der Waals surface area (Å²) in [5, 5.41) is 9.12. The van der Waals surface area contributed by atoms with E-state index in [1.807, 2.05) is 42.5 Å². The number of aromatic nitrogens is 3. The molecule has 0 atom stereocenters. The second kappa shape index (κ2) is 7.46. The van der Waals surface area contributed by atoms with Crippen molar-refractivity contribution in [2.24, 2.45) is 0 Å². The van der Waals surface area contributed by atoms with Gasteiger partial charge in [-0.15, -0.1) is 0 Å². The first-order chi connectivity index (χ1) is 21.3. The standard InChI is InChI=1S/C38H19N3O2/c1-2-8-20(9-3-1)37-38(40-24-13-5-4-12-23(24)39-37)41-25-14-6-10-21-22-11-7-15-27-32(22)34-29(42-27)18-19-30-36(34)35-28(43-30)17-16-26(41)33(35)31(21)25/h1-19H. The Bertz CT molecular complexity index is 2890. The molecule has 11 rings (SSSR count). The molecule has 0 aliphatic carbocycles. The highest BCUT2D eigenvalue weighted by Gasteiger charge is 2.27. The van der Waals surface area contributed by atoms with Gasteiger partial charge in [0, 0.05) is 37.9 Å². The van der Waals surface area contributed by atoms with Gasteiger partial charge >= 0.3 is 0 Å². The molecule has 0 aliphatic rings. The first-order valence-electron chi connectivity index (χ1n) is 14.4. The molecule has 0 saturated heterocycles. The Morgan fingerprint density at radius 2 is 1.00 bits per heavy atom. The van der Waals surface area contributed by atoms with Crippen molar-refractivity contribution in [1.29, 1.82) is 0 Å². The molecule has 4 aromatic heterocycles. The minimum absolute atomic E-state index is 0.804. The van der Waals surface area contributed by atoms with Crippen LogP contribution < -0.4 is 0 Å². The average Bonchev–Trinajstić information content (AvgIpc) is 3.72. The number of nitrogens with zero attached hydrogens (tertiary/aromatic N) is 3. The largest absolute Gasteiger partial charge is 0.456 e. The van der Waals surface area contributed by atoms with Crippen LogP contribution in [-0.4, -0.2) is 14.5 Å². The van der Waals surface area contributed by atoms with Crippen LogP contribution in [0.25, 0.3) is 105 Å². The number of rotatable bonds is 2. The van der Waals surface area contributed by atoms with E-state index in [-0.39, 0.29) is 0 Å². The van der Waals surface area contributed by atoms with Crippen molar-refractivity contribution < 1.29 is 8.83 Å². The van der Waals surface area contributed by atoms with E-state index < -0.39 is 0 Å². The van der Waals surface area contributed by atoms with E-state index in [1.165, 1.54) is 10.8 Å². The van der Waals surface area contributed by atoms with Crippen molar-refractivity contribution in [3.63, 3.8) is 0 Å². The zero-order valence-corrected chi connectivity index (χ0v) is 22.6. The normalized spacial score (nSPS) is 12.7. The molecule has 0 fully saturated rings. The smallest absolute Gasteiger partial charge is 0.165 e. The first kappa shape index (κ1) is 21.8. The molecule has 0 aliphatic heterocycles. The van der Waals surface area contributed by atoms with E-state index in [0.717, 1.165) is 93.8 Å². The lowest BCUT2D eigenvalue weighted by Gasteiger charge is -2.13. The summed E-state index contributed by atoms with van der Waals surface area (Å²) in [4.78, 5) is 10.5. The third-order valence-electron chi connectivity index (χ3n) is 9.12. The molecule has 0 amide bonds. The van der Waals surface area contributed by atoms with Gasteiger partial charge < -0.3 is 8.83 Å². The highest BCUT2D eigenvalue weighted by atomic mass is 16.3. The number of hydrogen-bond donors (Lipinski definition) is 0. The van der Waals surface area contributed by atoms with Crippen molar-refractivity contribution in [1.82, 2.24) is 14.5 Å². The lowest BCUT2D eigenvalue weighted by Crippen LogP contribution is -2.03. The third kappa shape index (κ3) is 2.59. The Hall–Kier alpha value is -5.94. The van der Waals surface area contributed by atoms with Gasteiger partial charge in [-0.05, 0) is 59.3 Å². The second-order valence-corrected chi connectivity index (χ2v) is 11.3. The van der Waals surface area contributed by atoms with Crippen molar-refractivity contribution >= 4 is 87.5 Å².